The minimum atomic E-state index is 0.299. The van der Waals surface area contributed by atoms with Crippen LogP contribution in [0.4, 0.5) is 0 Å². The third kappa shape index (κ3) is 1.37. The SMILES string of the molecule is COc1ccc(-c2nnnn2O)cc1. The molecule has 72 valence electrons. The number of ether oxygens (including phenoxy) is 1. The molecule has 1 N–H and O–H groups in total. The highest BCUT2D eigenvalue weighted by Crippen LogP contribution is 2.18. The first-order valence-electron chi connectivity index (χ1n) is 3.93. The summed E-state index contributed by atoms with van der Waals surface area (Å²) in [6, 6.07) is 7.06. The summed E-state index contributed by atoms with van der Waals surface area (Å²) in [4.78, 5) is 0.627. The zero-order valence-electron chi connectivity index (χ0n) is 7.45. The van der Waals surface area contributed by atoms with Gasteiger partial charge >= 0.3 is 0 Å². The van der Waals surface area contributed by atoms with Gasteiger partial charge in [-0.1, -0.05) is 4.85 Å². The number of methoxy groups -OCH3 is 1. The zero-order chi connectivity index (χ0) is 9.97. The van der Waals surface area contributed by atoms with Gasteiger partial charge < -0.3 is 9.94 Å². The molecule has 6 nitrogen and oxygen atoms in total. The van der Waals surface area contributed by atoms with Gasteiger partial charge in [0.05, 0.1) is 7.11 Å². The quantitative estimate of drug-likeness (QED) is 0.705. The van der Waals surface area contributed by atoms with Crippen LogP contribution in [-0.4, -0.2) is 32.7 Å². The third-order valence-electron chi connectivity index (χ3n) is 1.80. The van der Waals surface area contributed by atoms with Crippen molar-refractivity contribution in [2.45, 2.75) is 0 Å². The Balaban J connectivity index is 2.39. The fourth-order valence-electron chi connectivity index (χ4n) is 1.10. The van der Waals surface area contributed by atoms with Crippen LogP contribution < -0.4 is 4.74 Å². The number of hydrogen-bond acceptors (Lipinski definition) is 5. The van der Waals surface area contributed by atoms with E-state index in [1.54, 1.807) is 31.4 Å². The van der Waals surface area contributed by atoms with Crippen LogP contribution in [0.2, 0.25) is 0 Å². The molecule has 0 spiro atoms. The Morgan fingerprint density at radius 1 is 1.29 bits per heavy atom. The molecule has 0 saturated heterocycles. The van der Waals surface area contributed by atoms with E-state index in [4.69, 9.17) is 4.74 Å². The molecule has 0 fully saturated rings. The monoisotopic (exact) mass is 192 g/mol. The van der Waals surface area contributed by atoms with Gasteiger partial charge in [-0.05, 0) is 34.7 Å². The van der Waals surface area contributed by atoms with Gasteiger partial charge in [-0.25, -0.2) is 0 Å². The van der Waals surface area contributed by atoms with Crippen LogP contribution >= 0.6 is 0 Å². The summed E-state index contributed by atoms with van der Waals surface area (Å²) >= 11 is 0. The summed E-state index contributed by atoms with van der Waals surface area (Å²) in [6.45, 7) is 0. The minimum absolute atomic E-state index is 0.299. The molecule has 0 radical (unpaired) electrons. The van der Waals surface area contributed by atoms with E-state index in [-0.39, 0.29) is 0 Å². The number of nitrogens with zero attached hydrogens (tertiary/aromatic N) is 4. The Hall–Kier alpha value is -2.11. The van der Waals surface area contributed by atoms with Gasteiger partial charge in [0.2, 0.25) is 5.82 Å². The number of tetrazole rings is 1. The second kappa shape index (κ2) is 3.33. The molecule has 0 aliphatic heterocycles. The van der Waals surface area contributed by atoms with Crippen LogP contribution in [0.5, 0.6) is 5.75 Å². The van der Waals surface area contributed by atoms with Gasteiger partial charge in [-0.3, -0.25) is 0 Å². The van der Waals surface area contributed by atoms with Crippen molar-refractivity contribution >= 4 is 0 Å². The Kier molecular flexibility index (Phi) is 2.02. The van der Waals surface area contributed by atoms with Gasteiger partial charge in [0.15, 0.2) is 0 Å². The van der Waals surface area contributed by atoms with Crippen molar-refractivity contribution in [3.05, 3.63) is 24.3 Å². The van der Waals surface area contributed by atoms with Crippen molar-refractivity contribution in [2.24, 2.45) is 0 Å². The van der Waals surface area contributed by atoms with Crippen LogP contribution in [0.25, 0.3) is 11.4 Å². The average molecular weight is 192 g/mol. The lowest BCUT2D eigenvalue weighted by atomic mass is 10.2. The molecular formula is C8H8N4O2. The maximum atomic E-state index is 9.18. The summed E-state index contributed by atoms with van der Waals surface area (Å²) in [5.41, 5.74) is 0.721. The first kappa shape index (κ1) is 8.49. The third-order valence-corrected chi connectivity index (χ3v) is 1.80. The Labute approximate surface area is 79.7 Å². The fourth-order valence-corrected chi connectivity index (χ4v) is 1.10. The fraction of sp³-hybridized carbons (Fsp3) is 0.125. The van der Waals surface area contributed by atoms with E-state index < -0.39 is 0 Å². The maximum Gasteiger partial charge on any atom is 0.222 e. The van der Waals surface area contributed by atoms with Gasteiger partial charge in [0, 0.05) is 5.56 Å². The van der Waals surface area contributed by atoms with Crippen LogP contribution in [-0.2, 0) is 0 Å². The molecule has 0 aliphatic rings. The van der Waals surface area contributed by atoms with E-state index in [9.17, 15) is 5.21 Å². The number of aromatic nitrogens is 4. The van der Waals surface area contributed by atoms with Gasteiger partial charge in [-0.2, -0.15) is 0 Å². The molecule has 2 aromatic rings. The van der Waals surface area contributed by atoms with Crippen molar-refractivity contribution in [1.29, 1.82) is 0 Å². The number of rotatable bonds is 2. The van der Waals surface area contributed by atoms with Crippen molar-refractivity contribution in [3.63, 3.8) is 0 Å². The van der Waals surface area contributed by atoms with E-state index in [0.29, 0.717) is 10.7 Å². The summed E-state index contributed by atoms with van der Waals surface area (Å²) < 4.78 is 5.00. The summed E-state index contributed by atoms with van der Waals surface area (Å²) in [7, 11) is 1.59. The predicted octanol–water partition coefficient (Wildman–Crippen LogP) is 0.586. The van der Waals surface area contributed by atoms with E-state index in [0.717, 1.165) is 11.3 Å². The first-order valence-corrected chi connectivity index (χ1v) is 3.93. The molecule has 6 heteroatoms. The Morgan fingerprint density at radius 3 is 2.50 bits per heavy atom. The maximum absolute atomic E-state index is 9.18. The highest BCUT2D eigenvalue weighted by atomic mass is 16.5. The summed E-state index contributed by atoms with van der Waals surface area (Å²) in [5, 5.41) is 19.5. The molecule has 0 unspecified atom stereocenters. The number of benzene rings is 1. The predicted molar refractivity (Wildman–Crippen MR) is 47.0 cm³/mol. The summed E-state index contributed by atoms with van der Waals surface area (Å²) in [5.74, 6) is 1.04. The number of hydrogen-bond donors (Lipinski definition) is 1. The van der Waals surface area contributed by atoms with E-state index in [2.05, 4.69) is 15.5 Å². The van der Waals surface area contributed by atoms with Crippen LogP contribution in [0.15, 0.2) is 24.3 Å². The summed E-state index contributed by atoms with van der Waals surface area (Å²) in [6.07, 6.45) is 0. The lowest BCUT2D eigenvalue weighted by Crippen LogP contribution is -1.96. The highest BCUT2D eigenvalue weighted by molar-refractivity contribution is 5.55. The molecule has 1 heterocycles. The van der Waals surface area contributed by atoms with E-state index in [1.807, 2.05) is 0 Å². The largest absolute Gasteiger partial charge is 0.497 e. The zero-order valence-corrected chi connectivity index (χ0v) is 7.45. The topological polar surface area (TPSA) is 73.1 Å². The second-order valence-electron chi connectivity index (χ2n) is 2.62. The van der Waals surface area contributed by atoms with Crippen LogP contribution in [0, 0.1) is 0 Å². The van der Waals surface area contributed by atoms with Crippen LogP contribution in [0.1, 0.15) is 0 Å². The van der Waals surface area contributed by atoms with Crippen molar-refractivity contribution in [3.8, 4) is 17.1 Å². The van der Waals surface area contributed by atoms with Gasteiger partial charge in [0.25, 0.3) is 0 Å². The normalized spacial score (nSPS) is 10.1. The van der Waals surface area contributed by atoms with E-state index >= 15 is 0 Å². The molecule has 1 aromatic carbocycles. The Morgan fingerprint density at radius 2 is 2.00 bits per heavy atom. The van der Waals surface area contributed by atoms with Gasteiger partial charge in [0.1, 0.15) is 5.75 Å². The molecular weight excluding hydrogens is 184 g/mol. The molecule has 14 heavy (non-hydrogen) atoms. The van der Waals surface area contributed by atoms with Crippen molar-refractivity contribution in [2.75, 3.05) is 7.11 Å². The highest BCUT2D eigenvalue weighted by Gasteiger charge is 2.06. The Bertz CT molecular complexity index is 423. The average Bonchev–Trinajstić information content (AvgIpc) is 2.65. The molecule has 2 rings (SSSR count). The minimum Gasteiger partial charge on any atom is -0.497 e. The molecule has 0 aliphatic carbocycles. The van der Waals surface area contributed by atoms with Crippen molar-refractivity contribution in [1.82, 2.24) is 20.4 Å². The molecule has 0 bridgehead atoms. The lowest BCUT2D eigenvalue weighted by molar-refractivity contribution is 0.147. The standard InChI is InChI=1S/C8H8N4O2/c1-14-7-4-2-6(3-5-7)8-9-10-11-12(8)13/h2-5,13H,1H3. The molecule has 0 saturated carbocycles. The van der Waals surface area contributed by atoms with E-state index in [1.165, 1.54) is 0 Å². The van der Waals surface area contributed by atoms with Gasteiger partial charge in [-0.15, -0.1) is 5.10 Å². The van der Waals surface area contributed by atoms with Crippen LogP contribution in [0.3, 0.4) is 0 Å². The smallest absolute Gasteiger partial charge is 0.222 e. The molecule has 0 atom stereocenters. The second-order valence-corrected chi connectivity index (χ2v) is 2.62. The first-order chi connectivity index (χ1) is 6.81. The molecule has 1 aromatic heterocycles. The molecule has 0 amide bonds. The van der Waals surface area contributed by atoms with Crippen molar-refractivity contribution < 1.29 is 9.94 Å². The lowest BCUT2D eigenvalue weighted by Gasteiger charge is -2.00.